The van der Waals surface area contributed by atoms with Crippen molar-refractivity contribution >= 4 is 24.0 Å². The van der Waals surface area contributed by atoms with E-state index in [0.29, 0.717) is 36.8 Å². The van der Waals surface area contributed by atoms with Crippen LogP contribution in [0.5, 0.6) is 11.5 Å². The van der Waals surface area contributed by atoms with Crippen LogP contribution in [0.15, 0.2) is 36.4 Å². The van der Waals surface area contributed by atoms with E-state index < -0.39 is 11.5 Å². The molecule has 0 radical (unpaired) electrons. The second-order valence-electron chi connectivity index (χ2n) is 9.95. The quantitative estimate of drug-likeness (QED) is 0.275. The Kier molecular flexibility index (Phi) is 12.1. The Morgan fingerprint density at radius 3 is 2.32 bits per heavy atom. The maximum Gasteiger partial charge on any atom is 0.417 e. The van der Waals surface area contributed by atoms with Crippen molar-refractivity contribution in [2.45, 2.75) is 46.8 Å². The first-order valence-corrected chi connectivity index (χ1v) is 13.3. The van der Waals surface area contributed by atoms with Gasteiger partial charge in [0.25, 0.3) is 0 Å². The number of aryl methyl sites for hydroxylation is 2. The molecule has 2 aromatic carbocycles. The van der Waals surface area contributed by atoms with Crippen molar-refractivity contribution in [3.05, 3.63) is 58.7 Å². The zero-order valence-electron chi connectivity index (χ0n) is 22.7. The molecule has 9 heteroatoms. The molecule has 0 heterocycles. The molecule has 0 fully saturated rings. The molecule has 0 saturated heterocycles. The van der Waals surface area contributed by atoms with Gasteiger partial charge in [0.05, 0.1) is 25.7 Å². The van der Waals surface area contributed by atoms with Gasteiger partial charge in [-0.15, -0.1) is 0 Å². The molecule has 2 rings (SSSR count). The van der Waals surface area contributed by atoms with Crippen molar-refractivity contribution in [1.29, 1.82) is 0 Å². The van der Waals surface area contributed by atoms with Crippen molar-refractivity contribution in [2.24, 2.45) is 17.1 Å². The van der Waals surface area contributed by atoms with E-state index >= 15 is 0 Å². The summed E-state index contributed by atoms with van der Waals surface area (Å²) >= 11 is 1.21. The average molecular weight is 533 g/mol. The summed E-state index contributed by atoms with van der Waals surface area (Å²) in [5.41, 5.74) is 9.34. The number of benzene rings is 2. The second-order valence-corrected chi connectivity index (χ2v) is 10.7. The first-order valence-electron chi connectivity index (χ1n) is 12.3. The van der Waals surface area contributed by atoms with E-state index in [0.717, 1.165) is 11.1 Å². The lowest BCUT2D eigenvalue weighted by Crippen LogP contribution is -2.29. The molecule has 8 nitrogen and oxygen atoms in total. The summed E-state index contributed by atoms with van der Waals surface area (Å²) in [6.45, 7) is 10.7. The van der Waals surface area contributed by atoms with Gasteiger partial charge in [0.15, 0.2) is 11.5 Å². The van der Waals surface area contributed by atoms with E-state index in [1.54, 1.807) is 7.11 Å². The summed E-state index contributed by atoms with van der Waals surface area (Å²) in [4.78, 5) is 24.6. The van der Waals surface area contributed by atoms with Crippen LogP contribution in [0.3, 0.4) is 0 Å². The van der Waals surface area contributed by atoms with Gasteiger partial charge in [0, 0.05) is 18.2 Å². The number of ether oxygens (including phenoxy) is 4. The molecular weight excluding hydrogens is 492 g/mol. The van der Waals surface area contributed by atoms with E-state index in [4.69, 9.17) is 24.7 Å². The maximum absolute atomic E-state index is 12.4. The lowest BCUT2D eigenvalue weighted by Gasteiger charge is -2.21. The smallest absolute Gasteiger partial charge is 0.417 e. The first-order chi connectivity index (χ1) is 17.5. The Morgan fingerprint density at radius 2 is 1.68 bits per heavy atom. The van der Waals surface area contributed by atoms with Crippen molar-refractivity contribution in [3.63, 3.8) is 0 Å². The van der Waals surface area contributed by atoms with Crippen LogP contribution in [0.25, 0.3) is 0 Å². The van der Waals surface area contributed by atoms with Crippen LogP contribution in [0, 0.1) is 25.2 Å². The molecule has 204 valence electrons. The molecule has 2 aromatic rings. The summed E-state index contributed by atoms with van der Waals surface area (Å²) < 4.78 is 24.6. The fourth-order valence-electron chi connectivity index (χ4n) is 3.33. The van der Waals surface area contributed by atoms with E-state index in [-0.39, 0.29) is 25.1 Å². The monoisotopic (exact) mass is 532 g/mol. The minimum atomic E-state index is -0.600. The molecule has 0 aliphatic rings. The molecule has 0 aliphatic carbocycles. The summed E-state index contributed by atoms with van der Waals surface area (Å²) in [5.74, 6) is 1.28. The highest BCUT2D eigenvalue weighted by molar-refractivity contribution is 7.97. The van der Waals surface area contributed by atoms with Gasteiger partial charge in [-0.2, -0.15) is 0 Å². The molecule has 0 aliphatic heterocycles. The fourth-order valence-corrected chi connectivity index (χ4v) is 3.93. The molecule has 0 aromatic heterocycles. The van der Waals surface area contributed by atoms with Crippen molar-refractivity contribution in [1.82, 2.24) is 4.72 Å². The Hall–Kier alpha value is -2.91. The SMILES string of the molecule is COc1cc(CSNC(=O)OCC(COC(=O)C(C)(C)C)Cc2ccc(C)c(C)c2)ccc1OCCN. The summed E-state index contributed by atoms with van der Waals surface area (Å²) in [6, 6.07) is 11.8. The minimum Gasteiger partial charge on any atom is -0.493 e. The summed E-state index contributed by atoms with van der Waals surface area (Å²) in [7, 11) is 1.57. The molecule has 0 saturated carbocycles. The molecule has 37 heavy (non-hydrogen) atoms. The van der Waals surface area contributed by atoms with Crippen molar-refractivity contribution in [2.75, 3.05) is 33.5 Å². The number of methoxy groups -OCH3 is 1. The second kappa shape index (κ2) is 14.7. The van der Waals surface area contributed by atoms with Crippen molar-refractivity contribution < 1.29 is 28.5 Å². The molecule has 1 amide bonds. The molecule has 3 N–H and O–H groups in total. The van der Waals surface area contributed by atoms with Gasteiger partial charge >= 0.3 is 12.1 Å². The van der Waals surface area contributed by atoms with Gasteiger partial charge in [-0.05, 0) is 87.4 Å². The lowest BCUT2D eigenvalue weighted by molar-refractivity contribution is -0.154. The van der Waals surface area contributed by atoms with Gasteiger partial charge < -0.3 is 24.7 Å². The third kappa shape index (κ3) is 10.5. The Labute approximate surface area is 224 Å². The molecule has 0 bridgehead atoms. The first kappa shape index (κ1) is 30.3. The number of nitrogens with two attached hydrogens (primary N) is 1. The highest BCUT2D eigenvalue weighted by Crippen LogP contribution is 2.29. The molecular formula is C28H40N2O6S. The van der Waals surface area contributed by atoms with Gasteiger partial charge in [-0.25, -0.2) is 4.79 Å². The van der Waals surface area contributed by atoms with E-state index in [9.17, 15) is 9.59 Å². The average Bonchev–Trinajstić information content (AvgIpc) is 2.86. The van der Waals surface area contributed by atoms with Gasteiger partial charge in [-0.1, -0.05) is 24.3 Å². The van der Waals surface area contributed by atoms with Gasteiger partial charge in [-0.3, -0.25) is 9.52 Å². The zero-order chi connectivity index (χ0) is 27.4. The number of rotatable bonds is 13. The molecule has 0 spiro atoms. The predicted octanol–water partition coefficient (Wildman–Crippen LogP) is 4.97. The summed E-state index contributed by atoms with van der Waals surface area (Å²) in [6.07, 6.45) is 0.0734. The van der Waals surface area contributed by atoms with E-state index in [2.05, 4.69) is 36.8 Å². The van der Waals surface area contributed by atoms with Crippen LogP contribution >= 0.6 is 11.9 Å². The van der Waals surface area contributed by atoms with Crippen LogP contribution in [0.1, 0.15) is 43.0 Å². The van der Waals surface area contributed by atoms with Crippen LogP contribution in [-0.4, -0.2) is 45.5 Å². The van der Waals surface area contributed by atoms with Crippen LogP contribution in [-0.2, 0) is 26.4 Å². The van der Waals surface area contributed by atoms with Gasteiger partial charge in [0.2, 0.25) is 0 Å². The third-order valence-corrected chi connectivity index (χ3v) is 6.39. The van der Waals surface area contributed by atoms with E-state index in [1.807, 2.05) is 39.0 Å². The predicted molar refractivity (Wildman–Crippen MR) is 147 cm³/mol. The largest absolute Gasteiger partial charge is 0.493 e. The topological polar surface area (TPSA) is 109 Å². The van der Waals surface area contributed by atoms with Gasteiger partial charge in [0.1, 0.15) is 6.61 Å². The number of amides is 1. The van der Waals surface area contributed by atoms with E-state index in [1.165, 1.54) is 23.1 Å². The van der Waals surface area contributed by atoms with Crippen molar-refractivity contribution in [3.8, 4) is 11.5 Å². The zero-order valence-corrected chi connectivity index (χ0v) is 23.5. The Morgan fingerprint density at radius 1 is 0.973 bits per heavy atom. The third-order valence-electron chi connectivity index (χ3n) is 5.61. The van der Waals surface area contributed by atoms with Crippen LogP contribution < -0.4 is 19.9 Å². The minimum absolute atomic E-state index is 0.123. The lowest BCUT2D eigenvalue weighted by atomic mass is 9.96. The van der Waals surface area contributed by atoms with Crippen LogP contribution in [0.4, 0.5) is 4.79 Å². The number of hydrogen-bond donors (Lipinski definition) is 2. The number of hydrogen-bond acceptors (Lipinski definition) is 8. The fraction of sp³-hybridized carbons (Fsp3) is 0.500. The molecule has 1 atom stereocenters. The number of carbonyl (C=O) groups excluding carboxylic acids is 2. The number of esters is 1. The number of nitrogens with one attached hydrogen (secondary N) is 1. The maximum atomic E-state index is 12.4. The Bertz CT molecular complexity index is 1040. The highest BCUT2D eigenvalue weighted by Gasteiger charge is 2.25. The molecule has 1 unspecified atom stereocenters. The Balaban J connectivity index is 1.90. The normalized spacial score (nSPS) is 12.0. The number of carbonyl (C=O) groups is 2. The summed E-state index contributed by atoms with van der Waals surface area (Å²) in [5, 5.41) is 0. The highest BCUT2D eigenvalue weighted by atomic mass is 32.2. The standard InChI is InChI=1S/C28H40N2O6S/c1-19-7-8-21(13-20(19)2)14-23(16-35-26(31)28(3,4)5)17-36-27(32)30-37-18-22-9-10-24(34-12-11-29)25(15-22)33-6/h7-10,13,15,23H,11-12,14,16-18,29H2,1-6H3,(H,30,32). The van der Waals surface area contributed by atoms with Crippen LogP contribution in [0.2, 0.25) is 0 Å².